The number of hydrogen-bond donors (Lipinski definition) is 1. The summed E-state index contributed by atoms with van der Waals surface area (Å²) in [6, 6.07) is 8.60. The van der Waals surface area contributed by atoms with Crippen LogP contribution in [0.5, 0.6) is 0 Å². The Hall–Kier alpha value is -2.67. The van der Waals surface area contributed by atoms with Crippen LogP contribution < -0.4 is 9.80 Å². The monoisotopic (exact) mass is 357 g/mol. The number of nitrogens with one attached hydrogen (secondary N) is 1. The van der Waals surface area contributed by atoms with Crippen LogP contribution >= 0.6 is 0 Å². The van der Waals surface area contributed by atoms with E-state index in [0.29, 0.717) is 18.3 Å². The van der Waals surface area contributed by atoms with E-state index in [9.17, 15) is 4.39 Å². The van der Waals surface area contributed by atoms with Crippen LogP contribution in [0.15, 0.2) is 39.2 Å². The number of nitrogens with zero attached hydrogens (tertiary/aromatic N) is 3. The number of aryl methyl sites for hydroxylation is 2. The fourth-order valence-corrected chi connectivity index (χ4v) is 3.40. The summed E-state index contributed by atoms with van der Waals surface area (Å²) in [4.78, 5) is 3.68. The first-order chi connectivity index (χ1) is 12.6. The molecule has 0 spiro atoms. The Morgan fingerprint density at radius 1 is 1.08 bits per heavy atom. The Morgan fingerprint density at radius 2 is 1.81 bits per heavy atom. The molecule has 1 fully saturated rings. The van der Waals surface area contributed by atoms with Gasteiger partial charge in [0.25, 0.3) is 11.8 Å². The van der Waals surface area contributed by atoms with Crippen LogP contribution in [-0.4, -0.2) is 36.4 Å². The maximum atomic E-state index is 13.1. The fourth-order valence-electron chi connectivity index (χ4n) is 3.40. The molecule has 0 saturated carbocycles. The van der Waals surface area contributed by atoms with Gasteiger partial charge in [0.05, 0.1) is 31.7 Å². The number of halogens is 1. The number of furan rings is 1. The molecular weight excluding hydrogens is 335 g/mol. The summed E-state index contributed by atoms with van der Waals surface area (Å²) in [5.74, 6) is 2.58. The van der Waals surface area contributed by atoms with E-state index < -0.39 is 0 Å². The first-order valence-electron chi connectivity index (χ1n) is 8.82. The molecule has 7 heteroatoms. The molecule has 3 aromatic rings. The second-order valence-electron chi connectivity index (χ2n) is 6.72. The fraction of sp³-hybridized carbons (Fsp3) is 0.368. The Labute approximate surface area is 151 Å². The minimum Gasteiger partial charge on any atom is -0.466 e. The lowest BCUT2D eigenvalue weighted by molar-refractivity contribution is -0.915. The summed E-state index contributed by atoms with van der Waals surface area (Å²) in [6.45, 7) is 8.28. The standard InChI is InChI=1S/C19H21FN4O2/c1-13-11-17(14(2)25-13)19-22-21-18(26-19)12-23-7-9-24(10-8-23)16-5-3-15(20)4-6-16/h3-6,11H,7-10,12H2,1-2H3/p+1. The maximum absolute atomic E-state index is 13.1. The highest BCUT2D eigenvalue weighted by Crippen LogP contribution is 2.25. The van der Waals surface area contributed by atoms with Crippen LogP contribution in [0.2, 0.25) is 0 Å². The van der Waals surface area contributed by atoms with E-state index in [4.69, 9.17) is 8.83 Å². The Kier molecular flexibility index (Phi) is 4.46. The third kappa shape index (κ3) is 3.48. The molecule has 0 unspecified atom stereocenters. The first-order valence-corrected chi connectivity index (χ1v) is 8.82. The zero-order chi connectivity index (χ0) is 18.1. The Morgan fingerprint density at radius 3 is 2.46 bits per heavy atom. The van der Waals surface area contributed by atoms with Gasteiger partial charge in [-0.25, -0.2) is 4.39 Å². The molecule has 26 heavy (non-hydrogen) atoms. The lowest BCUT2D eigenvalue weighted by Crippen LogP contribution is -3.13. The number of piperazine rings is 1. The zero-order valence-corrected chi connectivity index (χ0v) is 15.0. The molecule has 136 valence electrons. The van der Waals surface area contributed by atoms with Crippen LogP contribution in [-0.2, 0) is 6.54 Å². The summed E-state index contributed by atoms with van der Waals surface area (Å²) < 4.78 is 24.4. The van der Waals surface area contributed by atoms with Gasteiger partial charge in [0.2, 0.25) is 0 Å². The normalized spacial score (nSPS) is 15.6. The van der Waals surface area contributed by atoms with Crippen molar-refractivity contribution in [3.8, 4) is 11.5 Å². The minimum atomic E-state index is -0.201. The van der Waals surface area contributed by atoms with Gasteiger partial charge >= 0.3 is 0 Å². The van der Waals surface area contributed by atoms with Gasteiger partial charge in [-0.1, -0.05) is 0 Å². The molecule has 1 saturated heterocycles. The molecule has 0 atom stereocenters. The Balaban J connectivity index is 1.36. The van der Waals surface area contributed by atoms with Crippen LogP contribution in [0.1, 0.15) is 17.4 Å². The second kappa shape index (κ2) is 6.92. The van der Waals surface area contributed by atoms with Crippen LogP contribution in [0.25, 0.3) is 11.5 Å². The summed E-state index contributed by atoms with van der Waals surface area (Å²) in [5, 5.41) is 8.35. The van der Waals surface area contributed by atoms with E-state index in [1.165, 1.54) is 17.0 Å². The first kappa shape index (κ1) is 16.8. The van der Waals surface area contributed by atoms with Crippen molar-refractivity contribution < 1.29 is 18.1 Å². The highest BCUT2D eigenvalue weighted by molar-refractivity contribution is 5.55. The molecule has 4 rings (SSSR count). The van der Waals surface area contributed by atoms with E-state index in [0.717, 1.165) is 49.0 Å². The van der Waals surface area contributed by atoms with Crippen molar-refractivity contribution in [2.24, 2.45) is 0 Å². The highest BCUT2D eigenvalue weighted by atomic mass is 19.1. The van der Waals surface area contributed by atoms with E-state index in [-0.39, 0.29) is 5.82 Å². The zero-order valence-electron chi connectivity index (χ0n) is 15.0. The lowest BCUT2D eigenvalue weighted by Gasteiger charge is -2.33. The average Bonchev–Trinajstić information content (AvgIpc) is 3.22. The van der Waals surface area contributed by atoms with Crippen LogP contribution in [0, 0.1) is 19.7 Å². The highest BCUT2D eigenvalue weighted by Gasteiger charge is 2.23. The maximum Gasteiger partial charge on any atom is 0.271 e. The van der Waals surface area contributed by atoms with Crippen LogP contribution in [0.3, 0.4) is 0 Å². The molecule has 0 amide bonds. The van der Waals surface area contributed by atoms with E-state index >= 15 is 0 Å². The molecule has 1 N–H and O–H groups in total. The van der Waals surface area contributed by atoms with Crippen molar-refractivity contribution in [1.82, 2.24) is 10.2 Å². The van der Waals surface area contributed by atoms with Gasteiger partial charge in [0.15, 0.2) is 6.54 Å². The minimum absolute atomic E-state index is 0.201. The number of aromatic nitrogens is 2. The number of rotatable bonds is 4. The van der Waals surface area contributed by atoms with Gasteiger partial charge in [-0.05, 0) is 44.2 Å². The molecule has 6 nitrogen and oxygen atoms in total. The molecule has 2 aromatic heterocycles. The molecule has 1 aliphatic rings. The van der Waals surface area contributed by atoms with Gasteiger partial charge < -0.3 is 18.6 Å². The van der Waals surface area contributed by atoms with E-state index in [1.807, 2.05) is 32.0 Å². The summed E-state index contributed by atoms with van der Waals surface area (Å²) in [5.41, 5.74) is 1.92. The third-order valence-corrected chi connectivity index (χ3v) is 4.80. The predicted octanol–water partition coefficient (Wildman–Crippen LogP) is 1.99. The molecule has 0 radical (unpaired) electrons. The van der Waals surface area contributed by atoms with Crippen molar-refractivity contribution in [3.63, 3.8) is 0 Å². The molecule has 1 aromatic carbocycles. The van der Waals surface area contributed by atoms with Crippen molar-refractivity contribution in [1.29, 1.82) is 0 Å². The van der Waals surface area contributed by atoms with Gasteiger partial charge in [0.1, 0.15) is 17.3 Å². The van der Waals surface area contributed by atoms with Crippen molar-refractivity contribution >= 4 is 5.69 Å². The number of benzene rings is 1. The summed E-state index contributed by atoms with van der Waals surface area (Å²) >= 11 is 0. The van der Waals surface area contributed by atoms with Crippen molar-refractivity contribution in [3.05, 3.63) is 53.6 Å². The molecule has 3 heterocycles. The molecule has 0 aliphatic carbocycles. The average molecular weight is 357 g/mol. The molecular formula is C19H22FN4O2+. The number of quaternary nitrogens is 1. The van der Waals surface area contributed by atoms with Gasteiger partial charge in [0, 0.05) is 5.69 Å². The van der Waals surface area contributed by atoms with E-state index in [1.54, 1.807) is 0 Å². The number of hydrogen-bond acceptors (Lipinski definition) is 5. The quantitative estimate of drug-likeness (QED) is 0.774. The predicted molar refractivity (Wildman–Crippen MR) is 94.5 cm³/mol. The van der Waals surface area contributed by atoms with Crippen molar-refractivity contribution in [2.45, 2.75) is 20.4 Å². The smallest absolute Gasteiger partial charge is 0.271 e. The molecule has 0 bridgehead atoms. The third-order valence-electron chi connectivity index (χ3n) is 4.80. The number of anilines is 1. The van der Waals surface area contributed by atoms with Gasteiger partial charge in [-0.3, -0.25) is 0 Å². The topological polar surface area (TPSA) is 59.7 Å². The molecule has 1 aliphatic heterocycles. The Bertz CT molecular complexity index is 879. The second-order valence-corrected chi connectivity index (χ2v) is 6.72. The summed E-state index contributed by atoms with van der Waals surface area (Å²) in [6.07, 6.45) is 0. The largest absolute Gasteiger partial charge is 0.466 e. The van der Waals surface area contributed by atoms with Crippen LogP contribution in [0.4, 0.5) is 10.1 Å². The van der Waals surface area contributed by atoms with Crippen molar-refractivity contribution in [2.75, 3.05) is 31.1 Å². The van der Waals surface area contributed by atoms with E-state index in [2.05, 4.69) is 15.1 Å². The SMILES string of the molecule is Cc1cc(-c2nnc(C[NH+]3CCN(c4ccc(F)cc4)CC3)o2)c(C)o1. The van der Waals surface area contributed by atoms with Gasteiger partial charge in [-0.2, -0.15) is 0 Å². The van der Waals surface area contributed by atoms with Gasteiger partial charge in [-0.15, -0.1) is 10.2 Å². The summed E-state index contributed by atoms with van der Waals surface area (Å²) in [7, 11) is 0. The lowest BCUT2D eigenvalue weighted by atomic mass is 10.2.